The van der Waals surface area contributed by atoms with Gasteiger partial charge in [-0.2, -0.15) is 5.26 Å². The molecule has 0 saturated heterocycles. The predicted molar refractivity (Wildman–Crippen MR) is 225 cm³/mol. The highest BCUT2D eigenvalue weighted by molar-refractivity contribution is 5.88. The first-order valence-electron chi connectivity index (χ1n) is 19.8. The molecule has 3 aliphatic rings. The summed E-state index contributed by atoms with van der Waals surface area (Å²) in [6.45, 7) is 6.90. The van der Waals surface area contributed by atoms with E-state index in [1.54, 1.807) is 0 Å². The maximum atomic E-state index is 9.98. The van der Waals surface area contributed by atoms with Crippen LogP contribution >= 0.6 is 0 Å². The highest BCUT2D eigenvalue weighted by atomic mass is 15.0. The minimum atomic E-state index is -0.620. The third-order valence-electron chi connectivity index (χ3n) is 12.7. The van der Waals surface area contributed by atoms with Crippen LogP contribution in [-0.4, -0.2) is 15.0 Å². The number of nitrogens with zero attached hydrogens (tertiary/aromatic N) is 4. The van der Waals surface area contributed by atoms with E-state index >= 15 is 0 Å². The van der Waals surface area contributed by atoms with E-state index in [0.29, 0.717) is 23.0 Å². The van der Waals surface area contributed by atoms with Gasteiger partial charge in [-0.25, -0.2) is 15.0 Å². The van der Waals surface area contributed by atoms with Gasteiger partial charge in [0.1, 0.15) is 0 Å². The number of nitriles is 1. The van der Waals surface area contributed by atoms with Gasteiger partial charge in [0.05, 0.1) is 17.0 Å². The van der Waals surface area contributed by atoms with Crippen LogP contribution in [0.1, 0.15) is 72.4 Å². The third-order valence-corrected chi connectivity index (χ3v) is 12.7. The number of hydrogen-bond donors (Lipinski definition) is 0. The summed E-state index contributed by atoms with van der Waals surface area (Å²) in [7, 11) is 0. The summed E-state index contributed by atoms with van der Waals surface area (Å²) in [6.07, 6.45) is 6.02. The van der Waals surface area contributed by atoms with Gasteiger partial charge in [0, 0.05) is 16.7 Å². The first-order valence-corrected chi connectivity index (χ1v) is 19.8. The molecule has 0 amide bonds. The molecule has 0 aliphatic heterocycles. The molecule has 10 rings (SSSR count). The van der Waals surface area contributed by atoms with E-state index in [-0.39, 0.29) is 5.41 Å². The second kappa shape index (κ2) is 13.4. The molecule has 4 nitrogen and oxygen atoms in total. The zero-order chi connectivity index (χ0) is 37.9. The monoisotopic (exact) mass is 722 g/mol. The number of hydrogen-bond acceptors (Lipinski definition) is 4. The molecule has 2 bridgehead atoms. The normalized spacial score (nSPS) is 20.5. The summed E-state index contributed by atoms with van der Waals surface area (Å²) < 4.78 is 0. The van der Waals surface area contributed by atoms with Crippen molar-refractivity contribution in [2.45, 2.75) is 49.9 Å². The van der Waals surface area contributed by atoms with Crippen LogP contribution in [0.25, 0.3) is 45.3 Å². The molecular weight excluding hydrogens is 681 g/mol. The summed E-state index contributed by atoms with van der Waals surface area (Å²) >= 11 is 0. The fraction of sp³-hybridized carbons (Fsp3) is 0.192. The number of rotatable bonds is 6. The fourth-order valence-corrected chi connectivity index (χ4v) is 10.7. The Balaban J connectivity index is 1.14. The zero-order valence-corrected chi connectivity index (χ0v) is 31.6. The van der Waals surface area contributed by atoms with Crippen LogP contribution in [-0.2, 0) is 10.8 Å². The molecule has 0 N–H and O–H groups in total. The lowest BCUT2D eigenvalue weighted by molar-refractivity contribution is 0.139. The standard InChI is InChI=1S/C52H42N4/c1-34-26-37-27-35(2)31-51(30-34,32-37)41-22-19-39(20-23-41)49-54-48(38-12-6-3-7-13-38)55-50(56-49)40-21-24-44-45-28-36(33-53)18-25-46(45)52(47(44)29-40,42-14-8-4-9-15-42)43-16-10-5-11-17-43/h3-25,28-29,35,37H,1,26-27,30-32H2,2H3/t35-,37+,51?/m0/s1. The minimum absolute atomic E-state index is 0.162. The molecule has 2 saturated carbocycles. The van der Waals surface area contributed by atoms with Crippen molar-refractivity contribution in [3.63, 3.8) is 0 Å². The summed E-state index contributed by atoms with van der Waals surface area (Å²) in [5, 5.41) is 9.98. The Bertz CT molecular complexity index is 2620. The third kappa shape index (κ3) is 5.53. The van der Waals surface area contributed by atoms with Crippen molar-refractivity contribution in [1.29, 1.82) is 5.26 Å². The maximum Gasteiger partial charge on any atom is 0.164 e. The largest absolute Gasteiger partial charge is 0.208 e. The average molecular weight is 723 g/mol. The number of aromatic nitrogens is 3. The molecule has 1 unspecified atom stereocenters. The lowest BCUT2D eigenvalue weighted by atomic mass is 9.56. The van der Waals surface area contributed by atoms with Crippen LogP contribution in [0.4, 0.5) is 0 Å². The van der Waals surface area contributed by atoms with Crippen LogP contribution in [0.5, 0.6) is 0 Å². The summed E-state index contributed by atoms with van der Waals surface area (Å²) in [6, 6.07) is 55.8. The van der Waals surface area contributed by atoms with Crippen molar-refractivity contribution in [2.24, 2.45) is 11.8 Å². The zero-order valence-electron chi connectivity index (χ0n) is 31.6. The molecule has 2 fully saturated rings. The van der Waals surface area contributed by atoms with Gasteiger partial charge in [-0.1, -0.05) is 153 Å². The highest BCUT2D eigenvalue weighted by Crippen LogP contribution is 2.57. The molecule has 7 aromatic rings. The van der Waals surface area contributed by atoms with Crippen LogP contribution in [0.15, 0.2) is 164 Å². The van der Waals surface area contributed by atoms with Crippen LogP contribution in [0, 0.1) is 23.2 Å². The topological polar surface area (TPSA) is 62.5 Å². The Labute approximate surface area is 329 Å². The molecule has 0 spiro atoms. The van der Waals surface area contributed by atoms with E-state index in [9.17, 15) is 5.26 Å². The van der Waals surface area contributed by atoms with E-state index in [4.69, 9.17) is 15.0 Å². The van der Waals surface area contributed by atoms with Gasteiger partial charge in [0.15, 0.2) is 17.5 Å². The highest BCUT2D eigenvalue weighted by Gasteiger charge is 2.47. The van der Waals surface area contributed by atoms with Crippen LogP contribution in [0.3, 0.4) is 0 Å². The Morgan fingerprint density at radius 2 is 1.18 bits per heavy atom. The molecule has 1 heterocycles. The number of benzene rings is 6. The smallest absolute Gasteiger partial charge is 0.164 e. The molecule has 270 valence electrons. The van der Waals surface area contributed by atoms with Gasteiger partial charge in [-0.05, 0) is 106 Å². The van der Waals surface area contributed by atoms with E-state index < -0.39 is 5.41 Å². The van der Waals surface area contributed by atoms with E-state index in [0.717, 1.165) is 68.3 Å². The van der Waals surface area contributed by atoms with Crippen molar-refractivity contribution < 1.29 is 0 Å². The number of fused-ring (bicyclic) bond motifs is 5. The lowest BCUT2D eigenvalue weighted by Gasteiger charge is -2.49. The van der Waals surface area contributed by atoms with Crippen LogP contribution < -0.4 is 0 Å². The fourth-order valence-electron chi connectivity index (χ4n) is 10.7. The summed E-state index contributed by atoms with van der Waals surface area (Å²) in [4.78, 5) is 15.5. The SMILES string of the molecule is C=C1C[C@@H]2C[C@H](C)CC(c3ccc(-c4nc(-c5ccccc5)nc(-c5ccc6c(c5)C(c5ccccc5)(c5ccccc5)c5ccc(C#N)cc5-6)n4)cc3)(C1)C2. The van der Waals surface area contributed by atoms with Gasteiger partial charge in [-0.15, -0.1) is 0 Å². The predicted octanol–water partition coefficient (Wildman–Crippen LogP) is 12.1. The molecular formula is C52H42N4. The molecule has 1 aromatic heterocycles. The van der Waals surface area contributed by atoms with Gasteiger partial charge in [-0.3, -0.25) is 0 Å². The number of allylic oxidation sites excluding steroid dienone is 1. The van der Waals surface area contributed by atoms with E-state index in [1.165, 1.54) is 36.8 Å². The molecule has 0 radical (unpaired) electrons. The quantitative estimate of drug-likeness (QED) is 0.160. The van der Waals surface area contributed by atoms with Gasteiger partial charge in [0.2, 0.25) is 0 Å². The van der Waals surface area contributed by atoms with Gasteiger partial charge < -0.3 is 0 Å². The Kier molecular flexibility index (Phi) is 8.15. The summed E-state index contributed by atoms with van der Waals surface area (Å²) in [5.41, 5.74) is 12.6. The first kappa shape index (κ1) is 34.1. The van der Waals surface area contributed by atoms with Gasteiger partial charge >= 0.3 is 0 Å². The van der Waals surface area contributed by atoms with Gasteiger partial charge in [0.25, 0.3) is 0 Å². The van der Waals surface area contributed by atoms with Crippen molar-refractivity contribution in [3.8, 4) is 51.4 Å². The Morgan fingerprint density at radius 1 is 0.589 bits per heavy atom. The van der Waals surface area contributed by atoms with Crippen molar-refractivity contribution in [3.05, 3.63) is 197 Å². The molecule has 3 atom stereocenters. The van der Waals surface area contributed by atoms with Crippen LogP contribution in [0.2, 0.25) is 0 Å². The lowest BCUT2D eigenvalue weighted by Crippen LogP contribution is -2.40. The second-order valence-electron chi connectivity index (χ2n) is 16.4. The first-order chi connectivity index (χ1) is 27.4. The second-order valence-corrected chi connectivity index (χ2v) is 16.4. The van der Waals surface area contributed by atoms with Crippen molar-refractivity contribution in [2.75, 3.05) is 0 Å². The van der Waals surface area contributed by atoms with Crippen molar-refractivity contribution in [1.82, 2.24) is 15.0 Å². The summed E-state index contributed by atoms with van der Waals surface area (Å²) in [5.74, 6) is 3.36. The molecule has 56 heavy (non-hydrogen) atoms. The minimum Gasteiger partial charge on any atom is -0.208 e. The Morgan fingerprint density at radius 3 is 1.82 bits per heavy atom. The van der Waals surface area contributed by atoms with E-state index in [1.807, 2.05) is 30.3 Å². The maximum absolute atomic E-state index is 9.98. The Hall–Kier alpha value is -6.44. The van der Waals surface area contributed by atoms with Crippen molar-refractivity contribution >= 4 is 0 Å². The molecule has 4 heteroatoms. The van der Waals surface area contributed by atoms with E-state index in [2.05, 4.69) is 141 Å². The molecule has 6 aromatic carbocycles. The average Bonchev–Trinajstić information content (AvgIpc) is 3.53. The molecule has 3 aliphatic carbocycles.